The van der Waals surface area contributed by atoms with Crippen molar-refractivity contribution >= 4 is 5.97 Å². The number of rotatable bonds is 1. The van der Waals surface area contributed by atoms with Crippen molar-refractivity contribution < 1.29 is 14.3 Å². The smallest absolute Gasteiger partial charge is 0.307 e. The minimum absolute atomic E-state index is 0.0417. The second-order valence-electron chi connectivity index (χ2n) is 3.09. The maximum Gasteiger partial charge on any atom is 0.307 e. The minimum atomic E-state index is -0.329. The van der Waals surface area contributed by atoms with Crippen molar-refractivity contribution in [1.29, 1.82) is 0 Å². The average Bonchev–Trinajstić information content (AvgIpc) is 1.87. The summed E-state index contributed by atoms with van der Waals surface area (Å²) in [5, 5.41) is 0. The molecule has 0 rings (SSSR count). The molecule has 12 heavy (non-hydrogen) atoms. The Kier molecular flexibility index (Phi) is 7.85. The van der Waals surface area contributed by atoms with Crippen molar-refractivity contribution in [2.24, 2.45) is 0 Å². The van der Waals surface area contributed by atoms with Crippen LogP contribution in [-0.2, 0) is 14.3 Å². The molecule has 3 nitrogen and oxygen atoms in total. The van der Waals surface area contributed by atoms with Crippen molar-refractivity contribution in [3.05, 3.63) is 12.8 Å². The number of methoxy groups -OCH3 is 1. The van der Waals surface area contributed by atoms with E-state index in [1.54, 1.807) is 7.11 Å². The van der Waals surface area contributed by atoms with Crippen molar-refractivity contribution in [1.82, 2.24) is 0 Å². The molecule has 72 valence electrons. The lowest BCUT2D eigenvalue weighted by molar-refractivity contribution is -0.135. The molecule has 0 aliphatic rings. The third-order valence-corrected chi connectivity index (χ3v) is 0.862. The van der Waals surface area contributed by atoms with E-state index in [2.05, 4.69) is 11.3 Å². The van der Waals surface area contributed by atoms with E-state index in [0.717, 1.165) is 6.26 Å². The molecule has 0 saturated heterocycles. The lowest BCUT2D eigenvalue weighted by atomic mass is 10.2. The van der Waals surface area contributed by atoms with E-state index in [1.165, 1.54) is 6.92 Å². The third-order valence-electron chi connectivity index (χ3n) is 0.862. The Bertz CT molecular complexity index is 133. The fraction of sp³-hybridized carbons (Fsp3) is 0.667. The summed E-state index contributed by atoms with van der Waals surface area (Å²) in [6.07, 6.45) is 1.10. The van der Waals surface area contributed by atoms with Crippen LogP contribution < -0.4 is 0 Å². The lowest BCUT2D eigenvalue weighted by Crippen LogP contribution is -2.15. The summed E-state index contributed by atoms with van der Waals surface area (Å²) in [6.45, 7) is 10.5. The fourth-order valence-electron chi connectivity index (χ4n) is 0.117. The van der Waals surface area contributed by atoms with Crippen LogP contribution in [0.2, 0.25) is 0 Å². The molecule has 0 spiro atoms. The molecule has 0 aromatic heterocycles. The van der Waals surface area contributed by atoms with Crippen LogP contribution in [0.5, 0.6) is 0 Å². The van der Waals surface area contributed by atoms with E-state index in [1.807, 2.05) is 20.8 Å². The van der Waals surface area contributed by atoms with E-state index in [9.17, 15) is 4.79 Å². The molecule has 0 N–H and O–H groups in total. The summed E-state index contributed by atoms with van der Waals surface area (Å²) in [5.41, 5.74) is 0.0417. The Balaban J connectivity index is 0. The van der Waals surface area contributed by atoms with E-state index < -0.39 is 0 Å². The second-order valence-corrected chi connectivity index (χ2v) is 3.09. The van der Waals surface area contributed by atoms with Crippen molar-refractivity contribution in [3.8, 4) is 0 Å². The summed E-state index contributed by atoms with van der Waals surface area (Å²) in [4.78, 5) is 9.75. The molecule has 0 saturated carbocycles. The predicted octanol–water partition coefficient (Wildman–Crippen LogP) is 2.12. The third kappa shape index (κ3) is 22.9. The monoisotopic (exact) mass is 174 g/mol. The summed E-state index contributed by atoms with van der Waals surface area (Å²) in [5.74, 6) is -0.329. The zero-order valence-corrected chi connectivity index (χ0v) is 8.51. The van der Waals surface area contributed by atoms with Crippen LogP contribution in [0.4, 0.5) is 0 Å². The van der Waals surface area contributed by atoms with Crippen LogP contribution in [0.3, 0.4) is 0 Å². The Morgan fingerprint density at radius 2 is 1.75 bits per heavy atom. The maximum atomic E-state index is 9.75. The molecule has 3 heteroatoms. The Labute approximate surface area is 74.4 Å². The Hall–Kier alpha value is -0.830. The van der Waals surface area contributed by atoms with Gasteiger partial charge in [-0.05, 0) is 20.8 Å². The van der Waals surface area contributed by atoms with Gasteiger partial charge in [0.1, 0.15) is 0 Å². The molecular formula is C9H18O3. The molecule has 0 aromatic carbocycles. The van der Waals surface area contributed by atoms with Crippen molar-refractivity contribution in [3.63, 3.8) is 0 Å². The van der Waals surface area contributed by atoms with Gasteiger partial charge >= 0.3 is 5.97 Å². The van der Waals surface area contributed by atoms with Crippen LogP contribution >= 0.6 is 0 Å². The molecule has 0 aliphatic carbocycles. The fourth-order valence-corrected chi connectivity index (χ4v) is 0.117. The van der Waals surface area contributed by atoms with Crippen LogP contribution in [0.1, 0.15) is 27.7 Å². The highest BCUT2D eigenvalue weighted by Gasteiger charge is 2.03. The van der Waals surface area contributed by atoms with Crippen LogP contribution in [0.15, 0.2) is 12.8 Å². The van der Waals surface area contributed by atoms with Crippen LogP contribution in [0.25, 0.3) is 0 Å². The highest BCUT2D eigenvalue weighted by molar-refractivity contribution is 5.66. The first kappa shape index (κ1) is 13.7. The zero-order valence-electron chi connectivity index (χ0n) is 8.51. The molecular weight excluding hydrogens is 156 g/mol. The topological polar surface area (TPSA) is 35.5 Å². The normalized spacial score (nSPS) is 9.42. The number of hydrogen-bond donors (Lipinski definition) is 0. The van der Waals surface area contributed by atoms with Gasteiger partial charge in [-0.1, -0.05) is 6.58 Å². The first-order valence-electron chi connectivity index (χ1n) is 3.66. The van der Waals surface area contributed by atoms with Gasteiger partial charge in [0.25, 0.3) is 0 Å². The van der Waals surface area contributed by atoms with E-state index >= 15 is 0 Å². The van der Waals surface area contributed by atoms with Crippen molar-refractivity contribution in [2.45, 2.75) is 33.3 Å². The molecule has 0 atom stereocenters. The molecule has 0 aliphatic heterocycles. The molecule has 0 fully saturated rings. The molecule has 0 amide bonds. The molecule has 0 aromatic rings. The van der Waals surface area contributed by atoms with Gasteiger partial charge in [0.2, 0.25) is 0 Å². The van der Waals surface area contributed by atoms with Gasteiger partial charge in [0.15, 0.2) is 0 Å². The summed E-state index contributed by atoms with van der Waals surface area (Å²) in [7, 11) is 1.71. The van der Waals surface area contributed by atoms with Gasteiger partial charge < -0.3 is 9.47 Å². The number of carbonyl (C=O) groups excluding carboxylic acids is 1. The standard InChI is InChI=1S/C5H12O.C4H6O2/c1-5(2,3)6-4;1-3-6-4(2)5/h1-4H3;3H,1H2,2H3. The highest BCUT2D eigenvalue weighted by Crippen LogP contribution is 2.02. The summed E-state index contributed by atoms with van der Waals surface area (Å²) < 4.78 is 9.10. The number of hydrogen-bond acceptors (Lipinski definition) is 3. The van der Waals surface area contributed by atoms with Crippen LogP contribution in [0, 0.1) is 0 Å². The number of carbonyl (C=O) groups is 1. The highest BCUT2D eigenvalue weighted by atomic mass is 16.5. The summed E-state index contributed by atoms with van der Waals surface area (Å²) >= 11 is 0. The van der Waals surface area contributed by atoms with Gasteiger partial charge in [0.05, 0.1) is 11.9 Å². The quantitative estimate of drug-likeness (QED) is 0.451. The van der Waals surface area contributed by atoms with Crippen molar-refractivity contribution in [2.75, 3.05) is 7.11 Å². The maximum absolute atomic E-state index is 9.75. The minimum Gasteiger partial charge on any atom is -0.435 e. The molecule has 0 radical (unpaired) electrons. The average molecular weight is 174 g/mol. The van der Waals surface area contributed by atoms with Gasteiger partial charge in [-0.15, -0.1) is 0 Å². The van der Waals surface area contributed by atoms with Gasteiger partial charge in [0, 0.05) is 14.0 Å². The summed E-state index contributed by atoms with van der Waals surface area (Å²) in [6, 6.07) is 0. The zero-order chi connectivity index (χ0) is 10.2. The van der Waals surface area contributed by atoms with Gasteiger partial charge in [-0.25, -0.2) is 0 Å². The molecule has 0 heterocycles. The number of ether oxygens (including phenoxy) is 2. The van der Waals surface area contributed by atoms with E-state index in [4.69, 9.17) is 4.74 Å². The predicted molar refractivity (Wildman–Crippen MR) is 48.7 cm³/mol. The Morgan fingerprint density at radius 1 is 1.42 bits per heavy atom. The second kappa shape index (κ2) is 6.85. The molecule has 0 bridgehead atoms. The molecule has 0 unspecified atom stereocenters. The first-order valence-corrected chi connectivity index (χ1v) is 3.66. The van der Waals surface area contributed by atoms with E-state index in [-0.39, 0.29) is 11.6 Å². The van der Waals surface area contributed by atoms with Gasteiger partial charge in [-0.3, -0.25) is 4.79 Å². The SMILES string of the molecule is C=COC(C)=O.COC(C)(C)C. The number of esters is 1. The van der Waals surface area contributed by atoms with Gasteiger partial charge in [-0.2, -0.15) is 0 Å². The van der Waals surface area contributed by atoms with E-state index in [0.29, 0.717) is 0 Å². The first-order chi connectivity index (χ1) is 5.33. The Morgan fingerprint density at radius 3 is 1.75 bits per heavy atom. The van der Waals surface area contributed by atoms with Crippen LogP contribution in [-0.4, -0.2) is 18.7 Å². The largest absolute Gasteiger partial charge is 0.435 e. The lowest BCUT2D eigenvalue weighted by Gasteiger charge is -2.14.